The topological polar surface area (TPSA) is 0 Å². The lowest BCUT2D eigenvalue weighted by molar-refractivity contribution is 1.37. The molecule has 65 valence electrons. The van der Waals surface area contributed by atoms with Gasteiger partial charge in [-0.25, -0.2) is 0 Å². The van der Waals surface area contributed by atoms with Gasteiger partial charge in [-0.05, 0) is 29.3 Å². The monoisotopic (exact) mass is 189 g/mol. The summed E-state index contributed by atoms with van der Waals surface area (Å²) in [6, 6.07) is 14.5. The highest BCUT2D eigenvalue weighted by molar-refractivity contribution is 6.28. The van der Waals surface area contributed by atoms with E-state index in [2.05, 4.69) is 24.3 Å². The van der Waals surface area contributed by atoms with Crippen molar-refractivity contribution in [1.82, 2.24) is 0 Å². The highest BCUT2D eigenvalue weighted by Gasteiger charge is 2.01. The van der Waals surface area contributed by atoms with Crippen molar-refractivity contribution >= 4 is 22.4 Å². The Bertz CT molecular complexity index is 418. The van der Waals surface area contributed by atoms with Crippen molar-refractivity contribution in [2.75, 3.05) is 0 Å². The minimum Gasteiger partial charge on any atom is -0.112 e. The van der Waals surface area contributed by atoms with Crippen molar-refractivity contribution in [3.05, 3.63) is 53.4 Å². The first-order valence-electron chi connectivity index (χ1n) is 4.25. The number of hydrogen-bond donors (Lipinski definition) is 0. The van der Waals surface area contributed by atoms with Gasteiger partial charge in [-0.2, -0.15) is 0 Å². The molecule has 0 heterocycles. The van der Waals surface area contributed by atoms with Crippen molar-refractivity contribution in [1.29, 1.82) is 0 Å². The van der Waals surface area contributed by atoms with E-state index in [9.17, 15) is 0 Å². The van der Waals surface area contributed by atoms with Gasteiger partial charge < -0.3 is 0 Å². The molecule has 0 unspecified atom stereocenters. The molecule has 1 heteroatoms. The largest absolute Gasteiger partial charge is 0.112 e. The standard InChI is InChI=1S/C12H10Cl/c1-9(13)11-7-6-10-4-2-3-5-12(10)8-11/h2-8H,1H3. The van der Waals surface area contributed by atoms with Crippen LogP contribution in [0.1, 0.15) is 12.5 Å². The van der Waals surface area contributed by atoms with Gasteiger partial charge in [0.15, 0.2) is 0 Å². The average molecular weight is 190 g/mol. The Kier molecular flexibility index (Phi) is 2.24. The molecule has 0 amide bonds. The summed E-state index contributed by atoms with van der Waals surface area (Å²) in [6.07, 6.45) is 0. The van der Waals surface area contributed by atoms with Gasteiger partial charge in [0.2, 0.25) is 0 Å². The van der Waals surface area contributed by atoms with E-state index in [4.69, 9.17) is 11.6 Å². The van der Waals surface area contributed by atoms with Crippen LogP contribution < -0.4 is 0 Å². The molecule has 0 aliphatic rings. The summed E-state index contributed by atoms with van der Waals surface area (Å²) in [5, 5.41) is 3.33. The SMILES string of the molecule is C[C](Cl)c1ccc2ccccc2c1. The minimum atomic E-state index is 0.839. The molecule has 0 fully saturated rings. The first kappa shape index (κ1) is 8.58. The molecule has 2 rings (SSSR count). The van der Waals surface area contributed by atoms with Crippen LogP contribution in [0.3, 0.4) is 0 Å². The molecule has 0 saturated carbocycles. The first-order chi connectivity index (χ1) is 6.27. The summed E-state index contributed by atoms with van der Waals surface area (Å²) < 4.78 is 0. The van der Waals surface area contributed by atoms with Crippen LogP contribution in [0.4, 0.5) is 0 Å². The van der Waals surface area contributed by atoms with Crippen LogP contribution in [0.2, 0.25) is 0 Å². The number of benzene rings is 2. The van der Waals surface area contributed by atoms with Gasteiger partial charge in [0.05, 0.1) is 5.38 Å². The predicted octanol–water partition coefficient (Wildman–Crippen LogP) is 3.98. The molecule has 0 saturated heterocycles. The molecule has 2 aromatic carbocycles. The molecule has 2 aromatic rings. The first-order valence-corrected chi connectivity index (χ1v) is 4.63. The summed E-state index contributed by atoms with van der Waals surface area (Å²) in [5.74, 6) is 0. The van der Waals surface area contributed by atoms with Crippen LogP contribution in [0.15, 0.2) is 42.5 Å². The summed E-state index contributed by atoms with van der Waals surface area (Å²) in [7, 11) is 0. The number of rotatable bonds is 1. The number of halogens is 1. The fraction of sp³-hybridized carbons (Fsp3) is 0.0833. The average Bonchev–Trinajstić information content (AvgIpc) is 2.17. The van der Waals surface area contributed by atoms with Crippen LogP contribution in [-0.2, 0) is 0 Å². The van der Waals surface area contributed by atoms with Gasteiger partial charge in [-0.1, -0.05) is 36.4 Å². The Hall–Kier alpha value is -1.01. The van der Waals surface area contributed by atoms with Gasteiger partial charge in [0.25, 0.3) is 0 Å². The molecule has 0 atom stereocenters. The molecule has 0 aromatic heterocycles. The van der Waals surface area contributed by atoms with Crippen LogP contribution >= 0.6 is 11.6 Å². The Morgan fingerprint density at radius 1 is 1.00 bits per heavy atom. The van der Waals surface area contributed by atoms with Crippen LogP contribution in [-0.4, -0.2) is 0 Å². The molecule has 0 nitrogen and oxygen atoms in total. The summed E-state index contributed by atoms with van der Waals surface area (Å²) in [6.45, 7) is 1.91. The lowest BCUT2D eigenvalue weighted by Gasteiger charge is -2.03. The third kappa shape index (κ3) is 1.68. The molecule has 0 aliphatic heterocycles. The second-order valence-corrected chi connectivity index (χ2v) is 3.66. The molecule has 0 bridgehead atoms. The van der Waals surface area contributed by atoms with Crippen LogP contribution in [0, 0.1) is 5.38 Å². The Labute approximate surface area is 83.1 Å². The Balaban J connectivity index is 2.62. The maximum atomic E-state index is 5.92. The van der Waals surface area contributed by atoms with E-state index in [0.29, 0.717) is 0 Å². The van der Waals surface area contributed by atoms with E-state index < -0.39 is 0 Å². The number of hydrogen-bond acceptors (Lipinski definition) is 0. The lowest BCUT2D eigenvalue weighted by atomic mass is 10.1. The zero-order valence-corrected chi connectivity index (χ0v) is 8.18. The van der Waals surface area contributed by atoms with E-state index >= 15 is 0 Å². The summed E-state index contributed by atoms with van der Waals surface area (Å²) >= 11 is 5.92. The quantitative estimate of drug-likeness (QED) is 0.637. The third-order valence-electron chi connectivity index (χ3n) is 2.15. The molecular formula is C12H10Cl. The summed E-state index contributed by atoms with van der Waals surface area (Å²) in [4.78, 5) is 0. The van der Waals surface area contributed by atoms with Gasteiger partial charge in [0.1, 0.15) is 0 Å². The molecule has 0 spiro atoms. The van der Waals surface area contributed by atoms with E-state index in [1.165, 1.54) is 10.8 Å². The van der Waals surface area contributed by atoms with Crippen LogP contribution in [0.5, 0.6) is 0 Å². The zero-order valence-electron chi connectivity index (χ0n) is 7.42. The van der Waals surface area contributed by atoms with Crippen molar-refractivity contribution < 1.29 is 0 Å². The van der Waals surface area contributed by atoms with Crippen LogP contribution in [0.25, 0.3) is 10.8 Å². The van der Waals surface area contributed by atoms with E-state index in [1.807, 2.05) is 25.1 Å². The van der Waals surface area contributed by atoms with E-state index in [0.717, 1.165) is 10.9 Å². The fourth-order valence-corrected chi connectivity index (χ4v) is 1.52. The minimum absolute atomic E-state index is 0.839. The second kappa shape index (κ2) is 3.39. The Morgan fingerprint density at radius 3 is 2.38 bits per heavy atom. The van der Waals surface area contributed by atoms with E-state index in [1.54, 1.807) is 0 Å². The smallest absolute Gasteiger partial charge is 0.0896 e. The van der Waals surface area contributed by atoms with Crippen molar-refractivity contribution in [2.24, 2.45) is 0 Å². The zero-order chi connectivity index (χ0) is 9.26. The normalized spacial score (nSPS) is 11.0. The predicted molar refractivity (Wildman–Crippen MR) is 57.8 cm³/mol. The maximum Gasteiger partial charge on any atom is 0.0896 e. The van der Waals surface area contributed by atoms with Gasteiger partial charge in [0, 0.05) is 0 Å². The maximum absolute atomic E-state index is 5.92. The highest BCUT2D eigenvalue weighted by atomic mass is 35.5. The molecule has 0 aliphatic carbocycles. The summed E-state index contributed by atoms with van der Waals surface area (Å²) in [5.41, 5.74) is 1.10. The van der Waals surface area contributed by atoms with Crippen molar-refractivity contribution in [3.8, 4) is 0 Å². The number of fused-ring (bicyclic) bond motifs is 1. The highest BCUT2D eigenvalue weighted by Crippen LogP contribution is 2.22. The molecule has 0 N–H and O–H groups in total. The van der Waals surface area contributed by atoms with Crippen molar-refractivity contribution in [3.63, 3.8) is 0 Å². The fourth-order valence-electron chi connectivity index (χ4n) is 1.40. The molecular weight excluding hydrogens is 180 g/mol. The van der Waals surface area contributed by atoms with Crippen molar-refractivity contribution in [2.45, 2.75) is 6.92 Å². The van der Waals surface area contributed by atoms with Gasteiger partial charge in [-0.15, -0.1) is 11.6 Å². The second-order valence-electron chi connectivity index (χ2n) is 3.10. The Morgan fingerprint density at radius 2 is 1.69 bits per heavy atom. The van der Waals surface area contributed by atoms with E-state index in [-0.39, 0.29) is 0 Å². The lowest BCUT2D eigenvalue weighted by Crippen LogP contribution is -1.84. The van der Waals surface area contributed by atoms with Gasteiger partial charge >= 0.3 is 0 Å². The third-order valence-corrected chi connectivity index (χ3v) is 2.37. The molecule has 1 radical (unpaired) electrons. The van der Waals surface area contributed by atoms with Gasteiger partial charge in [-0.3, -0.25) is 0 Å². The molecule has 13 heavy (non-hydrogen) atoms.